The second-order valence-electron chi connectivity index (χ2n) is 27.4. The van der Waals surface area contributed by atoms with E-state index in [0.717, 1.165) is 103 Å². The van der Waals surface area contributed by atoms with Gasteiger partial charge in [0.15, 0.2) is 6.10 Å². The summed E-state index contributed by atoms with van der Waals surface area (Å²) in [6.45, 7) is 4.30. The van der Waals surface area contributed by atoms with E-state index in [1.807, 2.05) is 21.1 Å². The summed E-state index contributed by atoms with van der Waals surface area (Å²) in [7, 11) is 1.46. The maximum absolute atomic E-state index is 12.9. The van der Waals surface area contributed by atoms with Crippen LogP contribution in [0.5, 0.6) is 0 Å². The van der Waals surface area contributed by atoms with Crippen LogP contribution in [-0.4, -0.2) is 74.9 Å². The highest BCUT2D eigenvalue weighted by Gasteiger charge is 2.27. The molecule has 0 fully saturated rings. The van der Waals surface area contributed by atoms with Crippen molar-refractivity contribution in [3.05, 3.63) is 122 Å². The van der Waals surface area contributed by atoms with Crippen LogP contribution < -0.4 is 0 Å². The number of unbranched alkanes of at least 4 members (excludes halogenated alkanes) is 38. The lowest BCUT2D eigenvalue weighted by molar-refractivity contribution is -0.870. The summed E-state index contributed by atoms with van der Waals surface area (Å²) < 4.78 is 34.7. The molecule has 0 aromatic carbocycles. The molecule has 0 aliphatic rings. The molecule has 2 unspecified atom stereocenters. The van der Waals surface area contributed by atoms with Gasteiger partial charge in [0.1, 0.15) is 19.8 Å². The third-order valence-corrected chi connectivity index (χ3v) is 18.0. The molecule has 0 aromatic rings. The van der Waals surface area contributed by atoms with E-state index < -0.39 is 26.5 Å². The number of hydrogen-bond acceptors (Lipinski definition) is 7. The van der Waals surface area contributed by atoms with Crippen LogP contribution in [0.3, 0.4) is 0 Å². The average molecular weight is 1330 g/mol. The van der Waals surface area contributed by atoms with Crippen molar-refractivity contribution >= 4 is 19.8 Å². The zero-order chi connectivity index (χ0) is 68.3. The lowest BCUT2D eigenvalue weighted by Gasteiger charge is -2.24. The van der Waals surface area contributed by atoms with Gasteiger partial charge in [0.25, 0.3) is 0 Å². The molecular weight excluding hydrogens is 1180 g/mol. The van der Waals surface area contributed by atoms with Crippen LogP contribution in [0, 0.1) is 0 Å². The van der Waals surface area contributed by atoms with Gasteiger partial charge < -0.3 is 18.9 Å². The first-order valence-electron chi connectivity index (χ1n) is 39.3. The van der Waals surface area contributed by atoms with Crippen LogP contribution in [0.25, 0.3) is 0 Å². The number of nitrogens with zero attached hydrogens (tertiary/aromatic N) is 1. The first-order chi connectivity index (χ1) is 46.0. The molecule has 542 valence electrons. The fourth-order valence-corrected chi connectivity index (χ4v) is 11.7. The van der Waals surface area contributed by atoms with Gasteiger partial charge in [0.05, 0.1) is 27.7 Å². The number of ether oxygens (including phenoxy) is 2. The SMILES string of the molecule is CC/C=C\C/C=C\C/C=C\C/C=C\C/C=C\C/C=C\C/C=C\C/C=C\CCCCCCC(=O)OC(COC(=O)CCCCCCCCCCCCCCCCCCCCCCCCCCCCCCC/C=C\C/C=C\CCCCCCC)COP(=O)(O)OCC[N+](C)(C)C. The van der Waals surface area contributed by atoms with E-state index in [0.29, 0.717) is 17.4 Å². The maximum Gasteiger partial charge on any atom is 0.472 e. The van der Waals surface area contributed by atoms with Gasteiger partial charge in [-0.1, -0.05) is 347 Å². The fraction of sp³-hybridized carbons (Fsp3) is 0.738. The van der Waals surface area contributed by atoms with Crippen molar-refractivity contribution in [2.45, 2.75) is 354 Å². The van der Waals surface area contributed by atoms with Gasteiger partial charge in [0.2, 0.25) is 0 Å². The minimum atomic E-state index is -4.41. The van der Waals surface area contributed by atoms with Crippen molar-refractivity contribution in [2.75, 3.05) is 47.5 Å². The largest absolute Gasteiger partial charge is 0.472 e. The van der Waals surface area contributed by atoms with Crippen LogP contribution in [0.2, 0.25) is 0 Å². The van der Waals surface area contributed by atoms with Gasteiger partial charge in [0, 0.05) is 12.8 Å². The summed E-state index contributed by atoms with van der Waals surface area (Å²) in [5.41, 5.74) is 0. The summed E-state index contributed by atoms with van der Waals surface area (Å²) >= 11 is 0. The summed E-state index contributed by atoms with van der Waals surface area (Å²) in [4.78, 5) is 35.9. The highest BCUT2D eigenvalue weighted by atomic mass is 31.2. The van der Waals surface area contributed by atoms with Gasteiger partial charge in [-0.3, -0.25) is 18.6 Å². The molecule has 0 rings (SSSR count). The Hall–Kier alpha value is -3.59. The third kappa shape index (κ3) is 77.4. The van der Waals surface area contributed by atoms with E-state index in [2.05, 4.69) is 135 Å². The van der Waals surface area contributed by atoms with E-state index in [1.54, 1.807) is 0 Å². The second kappa shape index (κ2) is 73.7. The Balaban J connectivity index is 3.98. The Morgan fingerprint density at radius 3 is 0.904 bits per heavy atom. The number of allylic oxidation sites excluding steroid dienone is 20. The van der Waals surface area contributed by atoms with Crippen molar-refractivity contribution in [2.24, 2.45) is 0 Å². The lowest BCUT2D eigenvalue weighted by atomic mass is 10.0. The molecule has 0 aliphatic carbocycles. The number of quaternary nitrogens is 1. The Morgan fingerprint density at radius 2 is 0.606 bits per heavy atom. The number of likely N-dealkylation sites (N-methyl/N-ethyl adjacent to an activating group) is 1. The molecule has 1 N–H and O–H groups in total. The first kappa shape index (κ1) is 90.4. The number of hydrogen-bond donors (Lipinski definition) is 1. The Bertz CT molecular complexity index is 2010. The second-order valence-corrected chi connectivity index (χ2v) is 28.8. The van der Waals surface area contributed by atoms with Crippen molar-refractivity contribution in [1.82, 2.24) is 0 Å². The molecule has 10 heteroatoms. The molecule has 0 radical (unpaired) electrons. The summed E-state index contributed by atoms with van der Waals surface area (Å²) in [6, 6.07) is 0. The number of carbonyl (C=O) groups excluding carboxylic acids is 2. The van der Waals surface area contributed by atoms with Crippen molar-refractivity contribution < 1.29 is 42.1 Å². The quantitative estimate of drug-likeness (QED) is 0.0211. The number of phosphoric acid groups is 1. The van der Waals surface area contributed by atoms with Crippen LogP contribution in [0.15, 0.2) is 122 Å². The number of carbonyl (C=O) groups is 2. The predicted octanol–water partition coefficient (Wildman–Crippen LogP) is 26.2. The molecule has 94 heavy (non-hydrogen) atoms. The van der Waals surface area contributed by atoms with Gasteiger partial charge in [-0.05, 0) is 109 Å². The number of phosphoric ester groups is 1. The molecular formula is C84H149NO8P+. The zero-order valence-corrected chi connectivity index (χ0v) is 62.8. The van der Waals surface area contributed by atoms with Crippen molar-refractivity contribution in [3.8, 4) is 0 Å². The van der Waals surface area contributed by atoms with E-state index in [4.69, 9.17) is 18.5 Å². The standard InChI is InChI=1S/C84H148NO8P/c1-6-8-10-12-14-16-18-20-22-24-26-28-30-32-34-36-37-38-39-40-41-42-43-44-45-46-47-49-50-52-54-56-58-60-62-64-66-68-70-72-74-76-83(86)90-80-82(81-92-94(88,89)91-79-78-85(3,4)5)93-84(87)77-75-73-71-69-67-65-63-61-59-57-55-53-51-48-35-33-31-29-27-25-23-21-19-17-15-13-11-9-7-2/h9,11,15,17-18,20-21,23-24,26-27,29,33,35,51,53,57,59,63,65,82H,6-8,10,12-14,16,19,22,25,28,30-32,34,36-50,52,54-56,58,60-62,64,66-81H2,1-5H3/p+1/b11-9-,17-15-,20-18-,23-21-,26-24-,29-27-,35-33-,53-51-,59-57-,65-63-. The number of rotatable bonds is 72. The predicted molar refractivity (Wildman–Crippen MR) is 408 cm³/mol. The zero-order valence-electron chi connectivity index (χ0n) is 61.9. The monoisotopic (exact) mass is 1330 g/mol. The molecule has 0 aromatic heterocycles. The van der Waals surface area contributed by atoms with E-state index in [1.165, 1.54) is 212 Å². The fourth-order valence-electron chi connectivity index (χ4n) is 11.0. The Morgan fingerprint density at radius 1 is 0.340 bits per heavy atom. The number of esters is 2. The molecule has 9 nitrogen and oxygen atoms in total. The highest BCUT2D eigenvalue weighted by Crippen LogP contribution is 2.43. The van der Waals surface area contributed by atoms with Gasteiger partial charge in [-0.25, -0.2) is 4.57 Å². The maximum atomic E-state index is 12.9. The van der Waals surface area contributed by atoms with Gasteiger partial charge in [-0.2, -0.15) is 0 Å². The van der Waals surface area contributed by atoms with Crippen molar-refractivity contribution in [3.63, 3.8) is 0 Å². The summed E-state index contributed by atoms with van der Waals surface area (Å²) in [6.07, 6.45) is 106. The average Bonchev–Trinajstić information content (AvgIpc) is 1.65. The Labute approximate surface area is 581 Å². The summed E-state index contributed by atoms with van der Waals surface area (Å²) in [5.74, 6) is -0.821. The smallest absolute Gasteiger partial charge is 0.462 e. The lowest BCUT2D eigenvalue weighted by Crippen LogP contribution is -2.37. The van der Waals surface area contributed by atoms with Crippen LogP contribution >= 0.6 is 7.82 Å². The molecule has 0 aliphatic heterocycles. The molecule has 0 amide bonds. The van der Waals surface area contributed by atoms with Gasteiger partial charge >= 0.3 is 19.8 Å². The minimum Gasteiger partial charge on any atom is -0.462 e. The molecule has 0 bridgehead atoms. The Kier molecular flexibility index (Phi) is 70.8. The molecule has 0 heterocycles. The third-order valence-electron chi connectivity index (χ3n) is 17.0. The normalized spacial score (nSPS) is 13.7. The molecule has 2 atom stereocenters. The topological polar surface area (TPSA) is 108 Å². The van der Waals surface area contributed by atoms with E-state index >= 15 is 0 Å². The highest BCUT2D eigenvalue weighted by molar-refractivity contribution is 7.47. The van der Waals surface area contributed by atoms with Crippen LogP contribution in [0.4, 0.5) is 0 Å². The van der Waals surface area contributed by atoms with Crippen LogP contribution in [-0.2, 0) is 32.7 Å². The van der Waals surface area contributed by atoms with E-state index in [-0.39, 0.29) is 32.0 Å². The van der Waals surface area contributed by atoms with E-state index in [9.17, 15) is 19.0 Å². The van der Waals surface area contributed by atoms with Gasteiger partial charge in [-0.15, -0.1) is 0 Å². The van der Waals surface area contributed by atoms with Crippen molar-refractivity contribution in [1.29, 1.82) is 0 Å². The summed E-state index contributed by atoms with van der Waals surface area (Å²) in [5, 5.41) is 0. The molecule has 0 spiro atoms. The van der Waals surface area contributed by atoms with Crippen LogP contribution in [0.1, 0.15) is 348 Å². The first-order valence-corrected chi connectivity index (χ1v) is 40.8. The minimum absolute atomic E-state index is 0.0218. The molecule has 0 saturated carbocycles. The molecule has 0 saturated heterocycles.